The molecule has 1 nitrogen and oxygen atoms in total. The molecular weight excluding hydrogens is 348 g/mol. The predicted molar refractivity (Wildman–Crippen MR) is 62.1 cm³/mol. The summed E-state index contributed by atoms with van der Waals surface area (Å²) >= 11 is 5.31. The van der Waals surface area contributed by atoms with Crippen LogP contribution in [0.25, 0.3) is 10.9 Å². The van der Waals surface area contributed by atoms with E-state index in [-0.39, 0.29) is 5.82 Å². The Labute approximate surface area is 96.6 Å². The third kappa shape index (κ3) is 1.83. The average molecular weight is 352 g/mol. The molecule has 0 saturated heterocycles. The third-order valence-electron chi connectivity index (χ3n) is 1.69. The maximum Gasteiger partial charge on any atom is 0.139 e. The number of benzene rings is 1. The van der Waals surface area contributed by atoms with Gasteiger partial charge in [0.15, 0.2) is 0 Å². The zero-order valence-electron chi connectivity index (χ0n) is 6.39. The van der Waals surface area contributed by atoms with E-state index in [1.165, 1.54) is 6.07 Å². The van der Waals surface area contributed by atoms with E-state index in [0.29, 0.717) is 9.99 Å². The van der Waals surface area contributed by atoms with Gasteiger partial charge in [0, 0.05) is 21.2 Å². The highest BCUT2D eigenvalue weighted by atomic mass is 127. The van der Waals surface area contributed by atoms with Crippen molar-refractivity contribution in [2.45, 2.75) is 0 Å². The van der Waals surface area contributed by atoms with Crippen LogP contribution in [0.3, 0.4) is 0 Å². The van der Waals surface area contributed by atoms with Crippen LogP contribution in [0.5, 0.6) is 0 Å². The van der Waals surface area contributed by atoms with Crippen LogP contribution in [-0.4, -0.2) is 4.98 Å². The summed E-state index contributed by atoms with van der Waals surface area (Å²) in [6, 6.07) is 5.13. The molecule has 1 heterocycles. The lowest BCUT2D eigenvalue weighted by atomic mass is 10.2. The number of hydrogen-bond donors (Lipinski definition) is 0. The van der Waals surface area contributed by atoms with Crippen molar-refractivity contribution in [3.05, 3.63) is 38.3 Å². The zero-order chi connectivity index (χ0) is 9.42. The third-order valence-corrected chi connectivity index (χ3v) is 2.89. The largest absolute Gasteiger partial charge is 0.255 e. The molecule has 1 aromatic carbocycles. The Morgan fingerprint density at radius 1 is 1.31 bits per heavy atom. The SMILES string of the molecule is Fc1cc2ncc(I)cc2cc1Br. The topological polar surface area (TPSA) is 12.9 Å². The molecule has 4 heteroatoms. The van der Waals surface area contributed by atoms with E-state index in [4.69, 9.17) is 0 Å². The number of halogens is 3. The van der Waals surface area contributed by atoms with Crippen LogP contribution in [0.4, 0.5) is 4.39 Å². The molecule has 13 heavy (non-hydrogen) atoms. The average Bonchev–Trinajstić information content (AvgIpc) is 2.08. The monoisotopic (exact) mass is 351 g/mol. The predicted octanol–water partition coefficient (Wildman–Crippen LogP) is 3.74. The Morgan fingerprint density at radius 2 is 2.08 bits per heavy atom. The van der Waals surface area contributed by atoms with Gasteiger partial charge in [-0.3, -0.25) is 4.98 Å². The lowest BCUT2D eigenvalue weighted by Gasteiger charge is -1.99. The van der Waals surface area contributed by atoms with E-state index >= 15 is 0 Å². The highest BCUT2D eigenvalue weighted by Gasteiger charge is 2.02. The second-order valence-electron chi connectivity index (χ2n) is 2.61. The second-order valence-corrected chi connectivity index (χ2v) is 4.71. The minimum atomic E-state index is -0.277. The van der Waals surface area contributed by atoms with Crippen molar-refractivity contribution in [1.82, 2.24) is 4.98 Å². The first-order valence-corrected chi connectivity index (χ1v) is 5.44. The zero-order valence-corrected chi connectivity index (χ0v) is 10.1. The molecule has 0 saturated carbocycles. The molecule has 0 atom stereocenters. The van der Waals surface area contributed by atoms with Crippen LogP contribution in [-0.2, 0) is 0 Å². The van der Waals surface area contributed by atoms with Crippen molar-refractivity contribution in [2.75, 3.05) is 0 Å². The summed E-state index contributed by atoms with van der Waals surface area (Å²) in [5.41, 5.74) is 0.682. The van der Waals surface area contributed by atoms with Gasteiger partial charge in [-0.1, -0.05) is 0 Å². The van der Waals surface area contributed by atoms with E-state index < -0.39 is 0 Å². The van der Waals surface area contributed by atoms with E-state index in [1.807, 2.05) is 6.07 Å². The van der Waals surface area contributed by atoms with Crippen LogP contribution in [0.2, 0.25) is 0 Å². The standard InChI is InChI=1S/C9H4BrFIN/c10-7-2-5-1-6(12)4-13-9(5)3-8(7)11/h1-4H. The molecule has 0 aliphatic heterocycles. The molecular formula is C9H4BrFIN. The summed E-state index contributed by atoms with van der Waals surface area (Å²) in [6.45, 7) is 0. The summed E-state index contributed by atoms with van der Waals surface area (Å²) < 4.78 is 14.6. The van der Waals surface area contributed by atoms with Crippen molar-refractivity contribution < 1.29 is 4.39 Å². The van der Waals surface area contributed by atoms with Gasteiger partial charge in [-0.25, -0.2) is 4.39 Å². The molecule has 0 N–H and O–H groups in total. The maximum absolute atomic E-state index is 13.1. The summed E-state index contributed by atoms with van der Waals surface area (Å²) in [4.78, 5) is 4.11. The second kappa shape index (κ2) is 3.49. The van der Waals surface area contributed by atoms with Gasteiger partial charge in [0.05, 0.1) is 9.99 Å². The Bertz CT molecular complexity index is 472. The lowest BCUT2D eigenvalue weighted by molar-refractivity contribution is 0.623. The van der Waals surface area contributed by atoms with Gasteiger partial charge >= 0.3 is 0 Å². The Hall–Kier alpha value is -0.230. The minimum Gasteiger partial charge on any atom is -0.255 e. The van der Waals surface area contributed by atoms with Gasteiger partial charge in [0.2, 0.25) is 0 Å². The van der Waals surface area contributed by atoms with E-state index in [1.54, 1.807) is 12.3 Å². The van der Waals surface area contributed by atoms with Gasteiger partial charge in [0.1, 0.15) is 5.82 Å². The molecule has 2 rings (SSSR count). The number of pyridine rings is 1. The van der Waals surface area contributed by atoms with Crippen molar-refractivity contribution >= 4 is 49.4 Å². The molecule has 66 valence electrons. The number of rotatable bonds is 0. The van der Waals surface area contributed by atoms with Crippen molar-refractivity contribution in [3.8, 4) is 0 Å². The molecule has 0 radical (unpaired) electrons. The first kappa shape index (κ1) is 9.33. The molecule has 0 aliphatic carbocycles. The molecule has 0 aliphatic rings. The van der Waals surface area contributed by atoms with Crippen LogP contribution >= 0.6 is 38.5 Å². The molecule has 0 fully saturated rings. The first-order chi connectivity index (χ1) is 6.16. The molecule has 2 aromatic rings. The fourth-order valence-corrected chi connectivity index (χ4v) is 1.93. The van der Waals surface area contributed by atoms with Crippen molar-refractivity contribution in [2.24, 2.45) is 0 Å². The Balaban J connectivity index is 2.81. The quantitative estimate of drug-likeness (QED) is 0.659. The summed E-state index contributed by atoms with van der Waals surface area (Å²) in [5.74, 6) is -0.277. The molecule has 0 spiro atoms. The fourth-order valence-electron chi connectivity index (χ4n) is 1.10. The van der Waals surface area contributed by atoms with Gasteiger partial charge in [-0.15, -0.1) is 0 Å². The summed E-state index contributed by atoms with van der Waals surface area (Å²) in [7, 11) is 0. The number of nitrogens with zero attached hydrogens (tertiary/aromatic N) is 1. The van der Waals surface area contributed by atoms with Gasteiger partial charge in [0.25, 0.3) is 0 Å². The van der Waals surface area contributed by atoms with E-state index in [0.717, 1.165) is 8.96 Å². The van der Waals surface area contributed by atoms with Gasteiger partial charge in [-0.2, -0.15) is 0 Å². The van der Waals surface area contributed by atoms with Crippen LogP contribution in [0, 0.1) is 9.39 Å². The minimum absolute atomic E-state index is 0.277. The Kier molecular flexibility index (Phi) is 2.51. The van der Waals surface area contributed by atoms with Crippen LogP contribution < -0.4 is 0 Å². The van der Waals surface area contributed by atoms with Gasteiger partial charge < -0.3 is 0 Å². The number of hydrogen-bond acceptors (Lipinski definition) is 1. The Morgan fingerprint density at radius 3 is 2.85 bits per heavy atom. The van der Waals surface area contributed by atoms with Crippen molar-refractivity contribution in [3.63, 3.8) is 0 Å². The molecule has 0 bridgehead atoms. The fraction of sp³-hybridized carbons (Fsp3) is 0. The molecule has 1 aromatic heterocycles. The van der Waals surface area contributed by atoms with E-state index in [2.05, 4.69) is 43.5 Å². The van der Waals surface area contributed by atoms with Crippen LogP contribution in [0.15, 0.2) is 28.9 Å². The van der Waals surface area contributed by atoms with E-state index in [9.17, 15) is 4.39 Å². The smallest absolute Gasteiger partial charge is 0.139 e. The number of aromatic nitrogens is 1. The highest BCUT2D eigenvalue weighted by molar-refractivity contribution is 14.1. The molecule has 0 amide bonds. The summed E-state index contributed by atoms with van der Waals surface area (Å²) in [6.07, 6.45) is 1.72. The van der Waals surface area contributed by atoms with Crippen LogP contribution in [0.1, 0.15) is 0 Å². The number of fused-ring (bicyclic) bond motifs is 1. The first-order valence-electron chi connectivity index (χ1n) is 3.57. The van der Waals surface area contributed by atoms with Crippen molar-refractivity contribution in [1.29, 1.82) is 0 Å². The molecule has 0 unspecified atom stereocenters. The summed E-state index contributed by atoms with van der Waals surface area (Å²) in [5, 5.41) is 0.945. The highest BCUT2D eigenvalue weighted by Crippen LogP contribution is 2.22. The maximum atomic E-state index is 13.1. The lowest BCUT2D eigenvalue weighted by Crippen LogP contribution is -1.84. The van der Waals surface area contributed by atoms with Gasteiger partial charge in [-0.05, 0) is 50.7 Å². The normalized spacial score (nSPS) is 10.7.